The minimum absolute atomic E-state index is 0.0197. The maximum atomic E-state index is 13.4. The highest BCUT2D eigenvalue weighted by Gasteiger charge is 2.32. The zero-order valence-corrected chi connectivity index (χ0v) is 24.5. The highest BCUT2D eigenvalue weighted by Crippen LogP contribution is 2.44. The zero-order valence-electron chi connectivity index (χ0n) is 24.5. The number of amides is 3. The summed E-state index contributed by atoms with van der Waals surface area (Å²) in [5, 5.41) is 22.0. The number of benzene rings is 3. The van der Waals surface area contributed by atoms with Crippen molar-refractivity contribution in [3.8, 4) is 16.9 Å². The Morgan fingerprint density at radius 3 is 2.37 bits per heavy atom. The topological polar surface area (TPSA) is 129 Å². The normalized spacial score (nSPS) is 18.6. The van der Waals surface area contributed by atoms with Crippen molar-refractivity contribution in [2.24, 2.45) is 5.92 Å². The lowest BCUT2D eigenvalue weighted by molar-refractivity contribution is -0.134. The highest BCUT2D eigenvalue weighted by molar-refractivity contribution is 5.86. The number of fused-ring (bicyclic) bond motifs is 4. The molecule has 0 bridgehead atoms. The van der Waals surface area contributed by atoms with E-state index < -0.39 is 24.3 Å². The van der Waals surface area contributed by atoms with Gasteiger partial charge in [0.15, 0.2) is 0 Å². The van der Waals surface area contributed by atoms with Crippen LogP contribution in [0.15, 0.2) is 66.7 Å². The van der Waals surface area contributed by atoms with Crippen molar-refractivity contribution in [3.63, 3.8) is 0 Å². The van der Waals surface area contributed by atoms with Crippen LogP contribution in [-0.2, 0) is 16.0 Å². The van der Waals surface area contributed by atoms with Crippen LogP contribution in [0.25, 0.3) is 11.1 Å². The zero-order chi connectivity index (χ0) is 30.7. The SMILES string of the molecule is CC(CO)N1C[C@@H](C)[C@H](CN(C)C(=O)O)Oc2ccc(NC(=O)OCC3c4ccccc4-c4ccccc43)cc2CC1=O. The van der Waals surface area contributed by atoms with Gasteiger partial charge in [-0.15, -0.1) is 0 Å². The summed E-state index contributed by atoms with van der Waals surface area (Å²) in [6.07, 6.45) is -2.29. The van der Waals surface area contributed by atoms with Crippen LogP contribution in [0.2, 0.25) is 0 Å². The molecule has 3 N–H and O–H groups in total. The van der Waals surface area contributed by atoms with Gasteiger partial charge in [0.2, 0.25) is 5.91 Å². The predicted octanol–water partition coefficient (Wildman–Crippen LogP) is 4.81. The lowest BCUT2D eigenvalue weighted by Crippen LogP contribution is -2.48. The van der Waals surface area contributed by atoms with Crippen LogP contribution in [0, 0.1) is 5.92 Å². The number of nitrogens with zero attached hydrogens (tertiary/aromatic N) is 2. The van der Waals surface area contributed by atoms with E-state index >= 15 is 0 Å². The first-order chi connectivity index (χ1) is 20.7. The first-order valence-electron chi connectivity index (χ1n) is 14.4. The Labute approximate surface area is 250 Å². The molecule has 0 radical (unpaired) electrons. The van der Waals surface area contributed by atoms with E-state index in [1.54, 1.807) is 30.0 Å². The lowest BCUT2D eigenvalue weighted by atomic mass is 9.98. The molecule has 10 heteroatoms. The highest BCUT2D eigenvalue weighted by atomic mass is 16.5. The van der Waals surface area contributed by atoms with Crippen LogP contribution >= 0.6 is 0 Å². The number of hydrogen-bond donors (Lipinski definition) is 3. The first kappa shape index (κ1) is 29.9. The molecule has 3 aromatic rings. The van der Waals surface area contributed by atoms with Gasteiger partial charge in [-0.1, -0.05) is 55.5 Å². The smallest absolute Gasteiger partial charge is 0.411 e. The first-order valence-corrected chi connectivity index (χ1v) is 14.4. The molecule has 2 aliphatic rings. The van der Waals surface area contributed by atoms with E-state index in [4.69, 9.17) is 9.47 Å². The molecule has 3 amide bonds. The number of aliphatic hydroxyl groups is 1. The van der Waals surface area contributed by atoms with Gasteiger partial charge in [0.05, 0.1) is 25.6 Å². The number of ether oxygens (including phenoxy) is 2. The van der Waals surface area contributed by atoms with Gasteiger partial charge in [-0.2, -0.15) is 0 Å². The van der Waals surface area contributed by atoms with Gasteiger partial charge in [0.25, 0.3) is 0 Å². The number of aliphatic hydroxyl groups excluding tert-OH is 1. The third-order valence-electron chi connectivity index (χ3n) is 8.29. The molecule has 0 fully saturated rings. The molecule has 10 nitrogen and oxygen atoms in total. The van der Waals surface area contributed by atoms with Gasteiger partial charge in [-0.3, -0.25) is 10.1 Å². The number of carboxylic acid groups (broad SMARTS) is 1. The van der Waals surface area contributed by atoms with Crippen molar-refractivity contribution in [3.05, 3.63) is 83.4 Å². The second-order valence-electron chi connectivity index (χ2n) is 11.3. The Bertz CT molecular complexity index is 1460. The summed E-state index contributed by atoms with van der Waals surface area (Å²) in [6.45, 7) is 3.98. The van der Waals surface area contributed by atoms with Crippen molar-refractivity contribution >= 4 is 23.8 Å². The summed E-state index contributed by atoms with van der Waals surface area (Å²) in [4.78, 5) is 40.6. The summed E-state index contributed by atoms with van der Waals surface area (Å²) < 4.78 is 12.0. The van der Waals surface area contributed by atoms with Crippen LogP contribution in [0.1, 0.15) is 36.5 Å². The summed E-state index contributed by atoms with van der Waals surface area (Å²) in [5.41, 5.74) is 5.48. The number of anilines is 1. The number of hydrogen-bond acceptors (Lipinski definition) is 6. The molecule has 1 aliphatic heterocycles. The average molecular weight is 588 g/mol. The quantitative estimate of drug-likeness (QED) is 0.362. The fourth-order valence-electron chi connectivity index (χ4n) is 5.83. The Morgan fingerprint density at radius 1 is 1.09 bits per heavy atom. The van der Waals surface area contributed by atoms with Crippen LogP contribution < -0.4 is 10.1 Å². The monoisotopic (exact) mass is 587 g/mol. The van der Waals surface area contributed by atoms with Gasteiger partial charge >= 0.3 is 12.2 Å². The van der Waals surface area contributed by atoms with Gasteiger partial charge in [0, 0.05) is 36.7 Å². The van der Waals surface area contributed by atoms with E-state index in [2.05, 4.69) is 29.6 Å². The van der Waals surface area contributed by atoms with Gasteiger partial charge < -0.3 is 29.5 Å². The molecule has 226 valence electrons. The predicted molar refractivity (Wildman–Crippen MR) is 161 cm³/mol. The number of carbonyl (C=O) groups is 3. The van der Waals surface area contributed by atoms with E-state index in [1.807, 2.05) is 31.2 Å². The molecule has 3 atom stereocenters. The fourth-order valence-corrected chi connectivity index (χ4v) is 5.83. The Kier molecular flexibility index (Phi) is 8.86. The fraction of sp³-hybridized carbons (Fsp3) is 0.364. The van der Waals surface area contributed by atoms with Crippen molar-refractivity contribution < 1.29 is 34.1 Å². The lowest BCUT2D eigenvalue weighted by Gasteiger charge is -2.33. The van der Waals surface area contributed by atoms with E-state index in [9.17, 15) is 24.6 Å². The van der Waals surface area contributed by atoms with E-state index in [-0.39, 0.29) is 50.5 Å². The maximum absolute atomic E-state index is 13.4. The molecular weight excluding hydrogens is 550 g/mol. The number of rotatable bonds is 7. The van der Waals surface area contributed by atoms with Crippen LogP contribution in [0.4, 0.5) is 15.3 Å². The number of carbonyl (C=O) groups excluding carboxylic acids is 2. The molecule has 1 unspecified atom stereocenters. The molecule has 1 aliphatic carbocycles. The Hall–Kier alpha value is -4.57. The van der Waals surface area contributed by atoms with E-state index in [0.717, 1.165) is 27.2 Å². The van der Waals surface area contributed by atoms with Crippen LogP contribution in [0.5, 0.6) is 5.75 Å². The van der Waals surface area contributed by atoms with Crippen LogP contribution in [-0.4, -0.2) is 83.6 Å². The molecule has 0 saturated carbocycles. The second-order valence-corrected chi connectivity index (χ2v) is 11.3. The molecule has 0 saturated heterocycles. The largest absolute Gasteiger partial charge is 0.488 e. The van der Waals surface area contributed by atoms with Crippen molar-refractivity contribution in [2.75, 3.05) is 38.7 Å². The van der Waals surface area contributed by atoms with Crippen molar-refractivity contribution in [2.45, 2.75) is 38.3 Å². The Balaban J connectivity index is 1.34. The standard InChI is InChI=1S/C33H37N3O7/c1-20-16-36(21(2)18-37)31(38)15-22-14-23(12-13-29(22)43-30(20)17-35(3)33(40)41)34-32(39)42-19-28-26-10-6-4-8-24(26)25-9-5-7-11-27(25)28/h4-14,20-21,28,30,37H,15-19H2,1-3H3,(H,34,39)(H,40,41)/t20-,21?,30+/m1/s1. The number of likely N-dealkylation sites (N-methyl/N-ethyl adjacent to an activating group) is 1. The third-order valence-corrected chi connectivity index (χ3v) is 8.29. The molecule has 43 heavy (non-hydrogen) atoms. The molecule has 0 aromatic heterocycles. The van der Waals surface area contributed by atoms with Gasteiger partial charge in [0.1, 0.15) is 18.5 Å². The molecule has 1 heterocycles. The van der Waals surface area contributed by atoms with Gasteiger partial charge in [-0.05, 0) is 47.4 Å². The summed E-state index contributed by atoms with van der Waals surface area (Å²) >= 11 is 0. The second kappa shape index (κ2) is 12.7. The minimum Gasteiger partial charge on any atom is -0.488 e. The number of nitrogens with one attached hydrogen (secondary N) is 1. The maximum Gasteiger partial charge on any atom is 0.411 e. The summed E-state index contributed by atoms with van der Waals surface area (Å²) in [7, 11) is 1.46. The molecule has 0 spiro atoms. The van der Waals surface area contributed by atoms with Gasteiger partial charge in [-0.25, -0.2) is 9.59 Å². The van der Waals surface area contributed by atoms with Crippen molar-refractivity contribution in [1.29, 1.82) is 0 Å². The molecule has 5 rings (SSSR count). The van der Waals surface area contributed by atoms with Crippen molar-refractivity contribution in [1.82, 2.24) is 9.80 Å². The average Bonchev–Trinajstić information content (AvgIpc) is 3.33. The van der Waals surface area contributed by atoms with E-state index in [1.165, 1.54) is 7.05 Å². The third kappa shape index (κ3) is 6.44. The van der Waals surface area contributed by atoms with E-state index in [0.29, 0.717) is 17.0 Å². The minimum atomic E-state index is -1.09. The molecule has 3 aromatic carbocycles. The molecular formula is C33H37N3O7. The summed E-state index contributed by atoms with van der Waals surface area (Å²) in [6, 6.07) is 20.8. The summed E-state index contributed by atoms with van der Waals surface area (Å²) in [5.74, 6) is -0.0836. The Morgan fingerprint density at radius 2 is 1.74 bits per heavy atom. The van der Waals surface area contributed by atoms with Crippen LogP contribution in [0.3, 0.4) is 0 Å².